The Labute approximate surface area is 182 Å². The minimum absolute atomic E-state index is 0.255. The lowest BCUT2D eigenvalue weighted by molar-refractivity contribution is 0.306. The summed E-state index contributed by atoms with van der Waals surface area (Å²) in [6.45, 7) is 0.384. The van der Waals surface area contributed by atoms with Gasteiger partial charge in [-0.3, -0.25) is 5.43 Å². The van der Waals surface area contributed by atoms with E-state index in [0.29, 0.717) is 16.8 Å². The Morgan fingerprint density at radius 1 is 1.00 bits per heavy atom. The van der Waals surface area contributed by atoms with E-state index in [4.69, 9.17) is 16.3 Å². The second-order valence-electron chi connectivity index (χ2n) is 6.40. The molecule has 1 heterocycles. The van der Waals surface area contributed by atoms with Crippen LogP contribution >= 0.6 is 22.9 Å². The average molecular weight is 438 g/mol. The normalized spacial score (nSPS) is 11.0. The number of thiazole rings is 1. The number of hydrogen-bond donors (Lipinski definition) is 1. The van der Waals surface area contributed by atoms with Crippen LogP contribution in [0.3, 0.4) is 0 Å². The maximum Gasteiger partial charge on any atom is 0.203 e. The molecule has 4 aromatic rings. The fourth-order valence-electron chi connectivity index (χ4n) is 2.64. The van der Waals surface area contributed by atoms with Crippen LogP contribution in [0.4, 0.5) is 9.52 Å². The van der Waals surface area contributed by atoms with E-state index in [9.17, 15) is 4.39 Å². The maximum absolute atomic E-state index is 12.9. The van der Waals surface area contributed by atoms with E-state index in [2.05, 4.69) is 15.5 Å². The molecule has 150 valence electrons. The van der Waals surface area contributed by atoms with Gasteiger partial charge >= 0.3 is 0 Å². The van der Waals surface area contributed by atoms with Crippen molar-refractivity contribution in [2.75, 3.05) is 5.43 Å². The second-order valence-corrected chi connectivity index (χ2v) is 7.69. The van der Waals surface area contributed by atoms with Gasteiger partial charge in [0.25, 0.3) is 0 Å². The van der Waals surface area contributed by atoms with Crippen molar-refractivity contribution < 1.29 is 9.13 Å². The lowest BCUT2D eigenvalue weighted by Gasteiger charge is -2.06. The Morgan fingerprint density at radius 2 is 1.73 bits per heavy atom. The Morgan fingerprint density at radius 3 is 2.47 bits per heavy atom. The van der Waals surface area contributed by atoms with Crippen molar-refractivity contribution in [3.8, 4) is 17.0 Å². The van der Waals surface area contributed by atoms with Gasteiger partial charge in [0, 0.05) is 16.0 Å². The highest BCUT2D eigenvalue weighted by Gasteiger charge is 2.04. The molecule has 7 heteroatoms. The van der Waals surface area contributed by atoms with E-state index in [-0.39, 0.29) is 5.82 Å². The van der Waals surface area contributed by atoms with Gasteiger partial charge < -0.3 is 4.74 Å². The predicted octanol–water partition coefficient (Wildman–Crippen LogP) is 6.63. The Hall–Kier alpha value is -3.22. The van der Waals surface area contributed by atoms with Gasteiger partial charge in [-0.15, -0.1) is 11.3 Å². The third-order valence-electron chi connectivity index (χ3n) is 4.22. The van der Waals surface area contributed by atoms with Crippen LogP contribution in [0.15, 0.2) is 83.3 Å². The van der Waals surface area contributed by atoms with Crippen LogP contribution in [0.2, 0.25) is 5.02 Å². The number of anilines is 1. The van der Waals surface area contributed by atoms with E-state index < -0.39 is 0 Å². The third-order valence-corrected chi connectivity index (χ3v) is 5.22. The molecule has 0 aliphatic rings. The highest BCUT2D eigenvalue weighted by molar-refractivity contribution is 7.14. The van der Waals surface area contributed by atoms with Crippen molar-refractivity contribution in [1.82, 2.24) is 4.98 Å². The molecule has 4 nitrogen and oxygen atoms in total. The molecular formula is C23H17ClFN3OS. The molecule has 0 aliphatic heterocycles. The molecule has 1 aromatic heterocycles. The summed E-state index contributed by atoms with van der Waals surface area (Å²) in [7, 11) is 0. The standard InChI is InChI=1S/C23H17ClFN3OS/c24-19-7-5-18(6-8-19)22-15-30-23(27-22)28-26-13-16-3-11-21(12-4-16)29-14-17-1-9-20(25)10-2-17/h1-13,15H,14H2,(H,27,28)/b26-13-. The molecule has 0 fully saturated rings. The zero-order chi connectivity index (χ0) is 20.8. The van der Waals surface area contributed by atoms with Gasteiger partial charge in [-0.25, -0.2) is 9.37 Å². The third kappa shape index (κ3) is 5.43. The number of ether oxygens (including phenoxy) is 1. The Kier molecular flexibility index (Phi) is 6.37. The molecule has 0 radical (unpaired) electrons. The van der Waals surface area contributed by atoms with Gasteiger partial charge in [-0.05, 0) is 59.7 Å². The van der Waals surface area contributed by atoms with E-state index in [1.54, 1.807) is 18.3 Å². The highest BCUT2D eigenvalue weighted by Crippen LogP contribution is 2.26. The quantitative estimate of drug-likeness (QED) is 0.261. The van der Waals surface area contributed by atoms with Crippen molar-refractivity contribution >= 4 is 34.3 Å². The molecule has 30 heavy (non-hydrogen) atoms. The fourth-order valence-corrected chi connectivity index (χ4v) is 3.43. The topological polar surface area (TPSA) is 46.5 Å². The van der Waals surface area contributed by atoms with Crippen LogP contribution in [0.25, 0.3) is 11.3 Å². The van der Waals surface area contributed by atoms with E-state index in [0.717, 1.165) is 28.1 Å². The highest BCUT2D eigenvalue weighted by atomic mass is 35.5. The molecule has 4 rings (SSSR count). The zero-order valence-electron chi connectivity index (χ0n) is 15.8. The summed E-state index contributed by atoms with van der Waals surface area (Å²) in [5.74, 6) is 0.479. The number of hydrazone groups is 1. The molecule has 0 bridgehead atoms. The van der Waals surface area contributed by atoms with Crippen molar-refractivity contribution in [3.05, 3.63) is 100 Å². The summed E-state index contributed by atoms with van der Waals surface area (Å²) in [6.07, 6.45) is 1.72. The number of benzene rings is 3. The number of rotatable bonds is 7. The Balaban J connectivity index is 1.30. The minimum Gasteiger partial charge on any atom is -0.489 e. The van der Waals surface area contributed by atoms with Gasteiger partial charge in [0.05, 0.1) is 11.9 Å². The molecule has 0 atom stereocenters. The van der Waals surface area contributed by atoms with Crippen LogP contribution in [0.1, 0.15) is 11.1 Å². The maximum atomic E-state index is 12.9. The summed E-state index contributed by atoms with van der Waals surface area (Å²) in [6, 6.07) is 21.4. The van der Waals surface area contributed by atoms with Crippen molar-refractivity contribution in [3.63, 3.8) is 0 Å². The van der Waals surface area contributed by atoms with E-state index in [1.165, 1.54) is 23.5 Å². The summed E-state index contributed by atoms with van der Waals surface area (Å²) in [4.78, 5) is 4.52. The van der Waals surface area contributed by atoms with Crippen LogP contribution in [0, 0.1) is 5.82 Å². The van der Waals surface area contributed by atoms with Crippen LogP contribution < -0.4 is 10.2 Å². The number of hydrogen-bond acceptors (Lipinski definition) is 5. The summed E-state index contributed by atoms with van der Waals surface area (Å²) >= 11 is 7.40. The summed E-state index contributed by atoms with van der Waals surface area (Å²) < 4.78 is 18.6. The first-order chi connectivity index (χ1) is 14.7. The fraction of sp³-hybridized carbons (Fsp3) is 0.0435. The Bertz CT molecular complexity index is 1130. The molecule has 0 saturated carbocycles. The summed E-state index contributed by atoms with van der Waals surface area (Å²) in [5.41, 5.74) is 6.66. The summed E-state index contributed by atoms with van der Waals surface area (Å²) in [5, 5.41) is 7.61. The monoisotopic (exact) mass is 437 g/mol. The van der Waals surface area contributed by atoms with Gasteiger partial charge in [-0.1, -0.05) is 35.9 Å². The first-order valence-corrected chi connectivity index (χ1v) is 10.4. The zero-order valence-corrected chi connectivity index (χ0v) is 17.3. The first kappa shape index (κ1) is 20.1. The molecule has 3 aromatic carbocycles. The number of aromatic nitrogens is 1. The lowest BCUT2D eigenvalue weighted by Crippen LogP contribution is -1.96. The SMILES string of the molecule is Fc1ccc(COc2ccc(/C=N\Nc3nc(-c4ccc(Cl)cc4)cs3)cc2)cc1. The van der Waals surface area contributed by atoms with E-state index in [1.807, 2.05) is 53.9 Å². The van der Waals surface area contributed by atoms with Crippen LogP contribution in [-0.2, 0) is 6.61 Å². The molecule has 0 aliphatic carbocycles. The van der Waals surface area contributed by atoms with E-state index >= 15 is 0 Å². The van der Waals surface area contributed by atoms with Gasteiger partial charge in [0.1, 0.15) is 18.2 Å². The number of nitrogens with zero attached hydrogens (tertiary/aromatic N) is 2. The average Bonchev–Trinajstić information content (AvgIpc) is 3.24. The van der Waals surface area contributed by atoms with Crippen molar-refractivity contribution in [1.29, 1.82) is 0 Å². The van der Waals surface area contributed by atoms with Crippen molar-refractivity contribution in [2.24, 2.45) is 5.10 Å². The largest absolute Gasteiger partial charge is 0.489 e. The van der Waals surface area contributed by atoms with Crippen LogP contribution in [0.5, 0.6) is 5.75 Å². The van der Waals surface area contributed by atoms with Gasteiger partial charge in [-0.2, -0.15) is 5.10 Å². The molecule has 0 amide bonds. The number of nitrogens with one attached hydrogen (secondary N) is 1. The van der Waals surface area contributed by atoms with Crippen molar-refractivity contribution in [2.45, 2.75) is 6.61 Å². The molecule has 0 unspecified atom stereocenters. The molecule has 0 spiro atoms. The van der Waals surface area contributed by atoms with Gasteiger partial charge in [0.15, 0.2) is 0 Å². The number of halogens is 2. The molecule has 0 saturated heterocycles. The predicted molar refractivity (Wildman–Crippen MR) is 121 cm³/mol. The van der Waals surface area contributed by atoms with Gasteiger partial charge in [0.2, 0.25) is 5.13 Å². The minimum atomic E-state index is -0.255. The molecular weight excluding hydrogens is 421 g/mol. The lowest BCUT2D eigenvalue weighted by atomic mass is 10.2. The molecule has 1 N–H and O–H groups in total. The first-order valence-electron chi connectivity index (χ1n) is 9.13. The smallest absolute Gasteiger partial charge is 0.203 e. The van der Waals surface area contributed by atoms with Crippen LogP contribution in [-0.4, -0.2) is 11.2 Å². The second kappa shape index (κ2) is 9.52.